The zero-order valence-electron chi connectivity index (χ0n) is 9.66. The summed E-state index contributed by atoms with van der Waals surface area (Å²) in [5.41, 5.74) is 1.39. The molecule has 1 fully saturated rings. The highest BCUT2D eigenvalue weighted by Gasteiger charge is 2.27. The molecule has 2 aliphatic rings. The molecule has 88 valence electrons. The van der Waals surface area contributed by atoms with Crippen LogP contribution in [0.15, 0.2) is 0 Å². The predicted molar refractivity (Wildman–Crippen MR) is 71.3 cm³/mol. The van der Waals surface area contributed by atoms with Crippen molar-refractivity contribution in [3.63, 3.8) is 0 Å². The van der Waals surface area contributed by atoms with E-state index in [1.54, 1.807) is 0 Å². The van der Waals surface area contributed by atoms with Crippen LogP contribution in [0.5, 0.6) is 0 Å². The number of aromatic nitrogens is 1. The van der Waals surface area contributed by atoms with Crippen molar-refractivity contribution < 1.29 is 0 Å². The van der Waals surface area contributed by atoms with Crippen molar-refractivity contribution in [3.8, 4) is 0 Å². The molecule has 1 aliphatic carbocycles. The molecule has 16 heavy (non-hydrogen) atoms. The van der Waals surface area contributed by atoms with Crippen LogP contribution in [-0.2, 0) is 6.42 Å². The van der Waals surface area contributed by atoms with Gasteiger partial charge in [0.05, 0.1) is 10.9 Å². The highest BCUT2D eigenvalue weighted by atomic mass is 32.2. The summed E-state index contributed by atoms with van der Waals surface area (Å²) in [5.74, 6) is 1.32. The second kappa shape index (κ2) is 4.67. The quantitative estimate of drug-likeness (QED) is 0.876. The van der Waals surface area contributed by atoms with Crippen LogP contribution in [0.4, 0.5) is 0 Å². The molecule has 2 unspecified atom stereocenters. The zero-order chi connectivity index (χ0) is 11.0. The first-order valence-electron chi connectivity index (χ1n) is 6.17. The Hall–Kier alpha value is -0.0600. The smallest absolute Gasteiger partial charge is 0.106 e. The normalized spacial score (nSPS) is 29.3. The minimum atomic E-state index is 0.571. The van der Waals surface area contributed by atoms with Crippen molar-refractivity contribution in [3.05, 3.63) is 15.6 Å². The molecule has 2 nitrogen and oxygen atoms in total. The summed E-state index contributed by atoms with van der Waals surface area (Å²) in [4.78, 5) is 6.41. The molecular weight excluding hydrogens is 236 g/mol. The lowest BCUT2D eigenvalue weighted by molar-refractivity contribution is 0.500. The maximum absolute atomic E-state index is 4.89. The van der Waals surface area contributed by atoms with E-state index in [1.807, 2.05) is 11.3 Å². The number of hydrogen-bond donors (Lipinski definition) is 1. The summed E-state index contributed by atoms with van der Waals surface area (Å²) in [5, 5.41) is 5.53. The molecule has 4 heteroatoms. The van der Waals surface area contributed by atoms with E-state index in [-0.39, 0.29) is 0 Å². The largest absolute Gasteiger partial charge is 0.312 e. The molecule has 2 atom stereocenters. The zero-order valence-corrected chi connectivity index (χ0v) is 11.3. The summed E-state index contributed by atoms with van der Waals surface area (Å²) in [7, 11) is 2.07. The van der Waals surface area contributed by atoms with Crippen LogP contribution in [0.2, 0.25) is 0 Å². The van der Waals surface area contributed by atoms with Gasteiger partial charge in [-0.15, -0.1) is 11.3 Å². The standard InChI is InChI=1S/C12H18N2S2/c1-13-8-4-2-5-9-11(8)16-12(14-9)10-6-3-7-15-10/h8,10,13H,2-7H2,1H3. The van der Waals surface area contributed by atoms with Crippen LogP contribution in [-0.4, -0.2) is 17.8 Å². The minimum absolute atomic E-state index is 0.571. The van der Waals surface area contributed by atoms with Crippen LogP contribution >= 0.6 is 23.1 Å². The molecule has 1 N–H and O–H groups in total. The molecule has 1 aromatic rings. The Morgan fingerprint density at radius 1 is 1.31 bits per heavy atom. The fourth-order valence-corrected chi connectivity index (χ4v) is 5.39. The van der Waals surface area contributed by atoms with Crippen molar-refractivity contribution in [2.45, 2.75) is 43.4 Å². The molecule has 0 aromatic carbocycles. The number of nitrogens with zero attached hydrogens (tertiary/aromatic N) is 1. The van der Waals surface area contributed by atoms with E-state index in [2.05, 4.69) is 24.1 Å². The maximum Gasteiger partial charge on any atom is 0.106 e. The number of thioether (sulfide) groups is 1. The van der Waals surface area contributed by atoms with Gasteiger partial charge >= 0.3 is 0 Å². The SMILES string of the molecule is CNC1CCCc2nc(C3CCCS3)sc21. The van der Waals surface area contributed by atoms with E-state index < -0.39 is 0 Å². The van der Waals surface area contributed by atoms with Gasteiger partial charge < -0.3 is 5.32 Å². The summed E-state index contributed by atoms with van der Waals surface area (Å²) < 4.78 is 0. The van der Waals surface area contributed by atoms with Crippen LogP contribution < -0.4 is 5.32 Å². The molecule has 0 spiro atoms. The van der Waals surface area contributed by atoms with Crippen molar-refractivity contribution in [2.75, 3.05) is 12.8 Å². The van der Waals surface area contributed by atoms with Gasteiger partial charge in [0, 0.05) is 10.9 Å². The fraction of sp³-hybridized carbons (Fsp3) is 0.750. The first-order valence-corrected chi connectivity index (χ1v) is 8.03. The Morgan fingerprint density at radius 3 is 3.00 bits per heavy atom. The second-order valence-electron chi connectivity index (χ2n) is 4.60. The Morgan fingerprint density at radius 2 is 2.25 bits per heavy atom. The van der Waals surface area contributed by atoms with Gasteiger partial charge in [0.25, 0.3) is 0 Å². The molecule has 2 heterocycles. The van der Waals surface area contributed by atoms with Gasteiger partial charge in [-0.1, -0.05) is 0 Å². The Labute approximate surface area is 105 Å². The van der Waals surface area contributed by atoms with E-state index in [9.17, 15) is 0 Å². The van der Waals surface area contributed by atoms with Crippen LogP contribution in [0.25, 0.3) is 0 Å². The Kier molecular flexibility index (Phi) is 3.22. The molecule has 1 aliphatic heterocycles. The van der Waals surface area contributed by atoms with E-state index in [0.717, 1.165) is 0 Å². The average molecular weight is 254 g/mol. The Bertz CT molecular complexity index is 369. The molecule has 1 saturated heterocycles. The predicted octanol–water partition coefficient (Wildman–Crippen LogP) is 3.31. The summed E-state index contributed by atoms with van der Waals surface area (Å²) >= 11 is 4.07. The molecule has 0 radical (unpaired) electrons. The fourth-order valence-electron chi connectivity index (χ4n) is 2.62. The Balaban J connectivity index is 1.89. The maximum atomic E-state index is 4.89. The van der Waals surface area contributed by atoms with Crippen LogP contribution in [0.1, 0.15) is 52.6 Å². The van der Waals surface area contributed by atoms with Gasteiger partial charge in [0.1, 0.15) is 5.01 Å². The topological polar surface area (TPSA) is 24.9 Å². The second-order valence-corrected chi connectivity index (χ2v) is 6.97. The third-order valence-corrected chi connectivity index (χ3v) is 6.38. The lowest BCUT2D eigenvalue weighted by Gasteiger charge is -2.20. The lowest BCUT2D eigenvalue weighted by atomic mass is 9.98. The van der Waals surface area contributed by atoms with Crippen LogP contribution in [0.3, 0.4) is 0 Å². The summed E-state index contributed by atoms with van der Waals surface area (Å²) in [6.07, 6.45) is 6.47. The molecule has 1 aromatic heterocycles. The number of hydrogen-bond acceptors (Lipinski definition) is 4. The van der Waals surface area contributed by atoms with E-state index in [4.69, 9.17) is 4.98 Å². The number of thiazole rings is 1. The highest BCUT2D eigenvalue weighted by Crippen LogP contribution is 2.44. The number of nitrogens with one attached hydrogen (secondary N) is 1. The molecule has 0 bridgehead atoms. The number of aryl methyl sites for hydroxylation is 1. The minimum Gasteiger partial charge on any atom is -0.312 e. The van der Waals surface area contributed by atoms with Crippen molar-refractivity contribution >= 4 is 23.1 Å². The monoisotopic (exact) mass is 254 g/mol. The first-order chi connectivity index (χ1) is 7.88. The van der Waals surface area contributed by atoms with Crippen LogP contribution in [0, 0.1) is 0 Å². The first kappa shape index (κ1) is 11.1. The number of fused-ring (bicyclic) bond motifs is 1. The van der Waals surface area contributed by atoms with Gasteiger partial charge in [0.15, 0.2) is 0 Å². The van der Waals surface area contributed by atoms with E-state index >= 15 is 0 Å². The van der Waals surface area contributed by atoms with E-state index in [1.165, 1.54) is 53.4 Å². The summed E-state index contributed by atoms with van der Waals surface area (Å²) in [6.45, 7) is 0. The number of rotatable bonds is 2. The average Bonchev–Trinajstić information content (AvgIpc) is 2.96. The molecule has 0 amide bonds. The van der Waals surface area contributed by atoms with Gasteiger partial charge in [-0.2, -0.15) is 11.8 Å². The van der Waals surface area contributed by atoms with Gasteiger partial charge in [-0.25, -0.2) is 4.98 Å². The van der Waals surface area contributed by atoms with Gasteiger partial charge in [-0.3, -0.25) is 0 Å². The summed E-state index contributed by atoms with van der Waals surface area (Å²) in [6, 6.07) is 0.571. The van der Waals surface area contributed by atoms with Gasteiger partial charge in [-0.05, 0) is 44.9 Å². The van der Waals surface area contributed by atoms with Crippen molar-refractivity contribution in [1.82, 2.24) is 10.3 Å². The lowest BCUT2D eigenvalue weighted by Crippen LogP contribution is -2.19. The van der Waals surface area contributed by atoms with Crippen molar-refractivity contribution in [2.24, 2.45) is 0 Å². The molecular formula is C12H18N2S2. The van der Waals surface area contributed by atoms with Crippen molar-refractivity contribution in [1.29, 1.82) is 0 Å². The highest BCUT2D eigenvalue weighted by molar-refractivity contribution is 7.99. The molecule has 3 rings (SSSR count). The molecule has 0 saturated carbocycles. The third kappa shape index (κ3) is 1.91. The van der Waals surface area contributed by atoms with Gasteiger partial charge in [0.2, 0.25) is 0 Å². The van der Waals surface area contributed by atoms with E-state index in [0.29, 0.717) is 11.3 Å². The third-order valence-electron chi connectivity index (χ3n) is 3.52.